The van der Waals surface area contributed by atoms with E-state index in [1.165, 1.54) is 0 Å². The van der Waals surface area contributed by atoms with Gasteiger partial charge in [0.25, 0.3) is 0 Å². The van der Waals surface area contributed by atoms with Crippen molar-refractivity contribution in [3.63, 3.8) is 0 Å². The summed E-state index contributed by atoms with van der Waals surface area (Å²) in [6, 6.07) is 0. The maximum Gasteiger partial charge on any atom is 0.157 e. The number of rotatable bonds is 10. The van der Waals surface area contributed by atoms with Crippen molar-refractivity contribution in [3.05, 3.63) is 0 Å². The molecule has 16 heavy (non-hydrogen) atoms. The van der Waals surface area contributed by atoms with Gasteiger partial charge >= 0.3 is 0 Å². The van der Waals surface area contributed by atoms with Crippen LogP contribution >= 0.6 is 0 Å². The van der Waals surface area contributed by atoms with E-state index < -0.39 is 9.84 Å². The molecular formula is C12H24O3S. The lowest BCUT2D eigenvalue weighted by Gasteiger charge is -2.03. The summed E-state index contributed by atoms with van der Waals surface area (Å²) in [6.07, 6.45) is 5.89. The van der Waals surface area contributed by atoms with E-state index in [0.29, 0.717) is 12.8 Å². The molecule has 0 aromatic heterocycles. The normalized spacial score (nSPS) is 11.6. The van der Waals surface area contributed by atoms with Crippen LogP contribution in [0.5, 0.6) is 0 Å². The highest BCUT2D eigenvalue weighted by Crippen LogP contribution is 2.04. The van der Waals surface area contributed by atoms with Gasteiger partial charge in [-0.1, -0.05) is 39.5 Å². The van der Waals surface area contributed by atoms with E-state index in [-0.39, 0.29) is 17.3 Å². The third kappa shape index (κ3) is 8.89. The van der Waals surface area contributed by atoms with E-state index in [1.807, 2.05) is 6.92 Å². The molecule has 3 nitrogen and oxygen atoms in total. The molecule has 0 saturated carbocycles. The second-order valence-corrected chi connectivity index (χ2v) is 6.48. The topological polar surface area (TPSA) is 51.2 Å². The lowest BCUT2D eigenvalue weighted by atomic mass is 10.2. The molecule has 0 aliphatic rings. The number of carbonyl (C=O) groups excluding carboxylic acids is 1. The number of ketones is 1. The van der Waals surface area contributed by atoms with Crippen LogP contribution in [0.25, 0.3) is 0 Å². The molecule has 0 aliphatic carbocycles. The summed E-state index contributed by atoms with van der Waals surface area (Å²) in [4.78, 5) is 11.4. The van der Waals surface area contributed by atoms with Crippen LogP contribution in [-0.2, 0) is 14.6 Å². The van der Waals surface area contributed by atoms with E-state index in [4.69, 9.17) is 0 Å². The highest BCUT2D eigenvalue weighted by Gasteiger charge is 2.15. The third-order valence-corrected chi connectivity index (χ3v) is 4.17. The maximum atomic E-state index is 11.5. The average Bonchev–Trinajstić information content (AvgIpc) is 2.17. The van der Waals surface area contributed by atoms with Crippen molar-refractivity contribution in [1.82, 2.24) is 0 Å². The van der Waals surface area contributed by atoms with Gasteiger partial charge in [-0.15, -0.1) is 0 Å². The largest absolute Gasteiger partial charge is 0.299 e. The Morgan fingerprint density at radius 3 is 2.06 bits per heavy atom. The molecule has 0 heterocycles. The van der Waals surface area contributed by atoms with Crippen LogP contribution in [0, 0.1) is 0 Å². The molecule has 0 aromatic carbocycles. The smallest absolute Gasteiger partial charge is 0.157 e. The molecule has 0 aromatic rings. The quantitative estimate of drug-likeness (QED) is 0.559. The molecule has 0 unspecified atom stereocenters. The van der Waals surface area contributed by atoms with Crippen LogP contribution in [0.3, 0.4) is 0 Å². The van der Waals surface area contributed by atoms with Crippen molar-refractivity contribution in [3.8, 4) is 0 Å². The summed E-state index contributed by atoms with van der Waals surface area (Å²) in [6.45, 7) is 4.09. The highest BCUT2D eigenvalue weighted by atomic mass is 32.2. The monoisotopic (exact) mass is 248 g/mol. The fourth-order valence-corrected chi connectivity index (χ4v) is 2.96. The Morgan fingerprint density at radius 2 is 1.50 bits per heavy atom. The molecule has 0 spiro atoms. The number of hydrogen-bond donors (Lipinski definition) is 0. The molecule has 0 atom stereocenters. The van der Waals surface area contributed by atoms with Crippen molar-refractivity contribution >= 4 is 15.6 Å². The molecule has 96 valence electrons. The number of hydrogen-bond acceptors (Lipinski definition) is 3. The van der Waals surface area contributed by atoms with Crippen LogP contribution in [-0.4, -0.2) is 25.7 Å². The van der Waals surface area contributed by atoms with Gasteiger partial charge in [0.2, 0.25) is 0 Å². The van der Waals surface area contributed by atoms with Gasteiger partial charge in [-0.25, -0.2) is 8.42 Å². The van der Waals surface area contributed by atoms with Gasteiger partial charge in [0.05, 0.1) is 5.75 Å². The summed E-state index contributed by atoms with van der Waals surface area (Å²) in [7, 11) is -3.14. The minimum atomic E-state index is -3.14. The molecule has 0 bridgehead atoms. The van der Waals surface area contributed by atoms with Crippen molar-refractivity contribution < 1.29 is 13.2 Å². The Hall–Kier alpha value is -0.380. The minimum Gasteiger partial charge on any atom is -0.299 e. The summed E-state index contributed by atoms with van der Waals surface area (Å²) < 4.78 is 23.1. The molecule has 4 heteroatoms. The summed E-state index contributed by atoms with van der Waals surface area (Å²) in [5.74, 6) is -0.203. The standard InChI is InChI=1S/C12H24O3S/c1-3-5-7-9-12(13)11-16(14,15)10-8-6-4-2/h3-11H2,1-2H3. The van der Waals surface area contributed by atoms with Gasteiger partial charge < -0.3 is 0 Å². The van der Waals surface area contributed by atoms with E-state index >= 15 is 0 Å². The molecule has 0 amide bonds. The first-order valence-corrected chi connectivity index (χ1v) is 8.06. The second-order valence-electron chi connectivity index (χ2n) is 4.29. The van der Waals surface area contributed by atoms with Gasteiger partial charge in [-0.2, -0.15) is 0 Å². The number of unbranched alkanes of at least 4 members (excludes halogenated alkanes) is 4. The highest BCUT2D eigenvalue weighted by molar-refractivity contribution is 7.92. The minimum absolute atomic E-state index is 0.120. The number of carbonyl (C=O) groups is 1. The SMILES string of the molecule is CCCCCC(=O)CS(=O)(=O)CCCCC. The zero-order chi connectivity index (χ0) is 12.4. The first-order valence-electron chi connectivity index (χ1n) is 6.24. The molecule has 0 radical (unpaired) electrons. The van der Waals surface area contributed by atoms with Crippen LogP contribution in [0.1, 0.15) is 58.8 Å². The van der Waals surface area contributed by atoms with Crippen LogP contribution in [0.2, 0.25) is 0 Å². The number of sulfone groups is 1. The van der Waals surface area contributed by atoms with Crippen molar-refractivity contribution in [1.29, 1.82) is 0 Å². The van der Waals surface area contributed by atoms with E-state index in [9.17, 15) is 13.2 Å². The Balaban J connectivity index is 3.82. The summed E-state index contributed by atoms with van der Waals surface area (Å²) >= 11 is 0. The maximum absolute atomic E-state index is 11.5. The Labute approximate surface area is 99.5 Å². The molecule has 0 N–H and O–H groups in total. The van der Waals surface area contributed by atoms with E-state index in [1.54, 1.807) is 0 Å². The Kier molecular flexibility index (Phi) is 8.53. The fraction of sp³-hybridized carbons (Fsp3) is 0.917. The van der Waals surface area contributed by atoms with Gasteiger partial charge in [-0.3, -0.25) is 4.79 Å². The van der Waals surface area contributed by atoms with Gasteiger partial charge in [0.1, 0.15) is 11.5 Å². The summed E-state index contributed by atoms with van der Waals surface area (Å²) in [5.41, 5.74) is 0. The zero-order valence-electron chi connectivity index (χ0n) is 10.5. The second kappa shape index (κ2) is 8.74. The van der Waals surface area contributed by atoms with Crippen molar-refractivity contribution in [2.75, 3.05) is 11.5 Å². The zero-order valence-corrected chi connectivity index (χ0v) is 11.3. The van der Waals surface area contributed by atoms with Crippen LogP contribution in [0.4, 0.5) is 0 Å². The first kappa shape index (κ1) is 15.6. The van der Waals surface area contributed by atoms with Crippen molar-refractivity contribution in [2.45, 2.75) is 58.8 Å². The molecule has 0 rings (SSSR count). The first-order chi connectivity index (χ1) is 7.52. The van der Waals surface area contributed by atoms with Crippen molar-refractivity contribution in [2.24, 2.45) is 0 Å². The fourth-order valence-electron chi connectivity index (χ4n) is 1.53. The predicted molar refractivity (Wildman–Crippen MR) is 67.3 cm³/mol. The lowest BCUT2D eigenvalue weighted by molar-refractivity contribution is -0.116. The summed E-state index contributed by atoms with van der Waals surface area (Å²) in [5, 5.41) is 0. The van der Waals surface area contributed by atoms with E-state index in [2.05, 4.69) is 6.92 Å². The number of Topliss-reactive ketones (excluding diaryl/α,β-unsaturated/α-hetero) is 1. The third-order valence-electron chi connectivity index (χ3n) is 2.50. The molecule has 0 aliphatic heterocycles. The molecule has 0 fully saturated rings. The van der Waals surface area contributed by atoms with Gasteiger partial charge in [0, 0.05) is 6.42 Å². The van der Waals surface area contributed by atoms with Gasteiger partial charge in [0.15, 0.2) is 9.84 Å². The molecular weight excluding hydrogens is 224 g/mol. The lowest BCUT2D eigenvalue weighted by Crippen LogP contribution is -2.18. The van der Waals surface area contributed by atoms with Crippen LogP contribution < -0.4 is 0 Å². The Bertz CT molecular complexity index is 281. The van der Waals surface area contributed by atoms with E-state index in [0.717, 1.165) is 32.1 Å². The van der Waals surface area contributed by atoms with Gasteiger partial charge in [-0.05, 0) is 12.8 Å². The predicted octanol–water partition coefficient (Wildman–Crippen LogP) is 2.74. The average molecular weight is 248 g/mol. The molecule has 0 saturated heterocycles. The Morgan fingerprint density at radius 1 is 0.938 bits per heavy atom. The van der Waals surface area contributed by atoms with Crippen LogP contribution in [0.15, 0.2) is 0 Å².